The fourth-order valence-corrected chi connectivity index (χ4v) is 3.00. The molecule has 17 heavy (non-hydrogen) atoms. The third-order valence-corrected chi connectivity index (χ3v) is 4.24. The van der Waals surface area contributed by atoms with Crippen LogP contribution in [0.5, 0.6) is 0 Å². The van der Waals surface area contributed by atoms with Gasteiger partial charge in [0.1, 0.15) is 0 Å². The second-order valence-electron chi connectivity index (χ2n) is 5.76. The summed E-state index contributed by atoms with van der Waals surface area (Å²) in [5.41, 5.74) is 0. The Morgan fingerprint density at radius 1 is 1.00 bits per heavy atom. The standard InChI is InChI=1S/C15H27NO/c17-15-10-8-13(9-11-15)12-16-14-6-4-2-1-3-5-7-14/h4,6,13-17H,1-3,5,7-12H2/b6-4+. The lowest BCUT2D eigenvalue weighted by Crippen LogP contribution is -2.34. The molecule has 2 heteroatoms. The van der Waals surface area contributed by atoms with Gasteiger partial charge >= 0.3 is 0 Å². The van der Waals surface area contributed by atoms with Crippen molar-refractivity contribution >= 4 is 0 Å². The predicted molar refractivity (Wildman–Crippen MR) is 72.0 cm³/mol. The van der Waals surface area contributed by atoms with E-state index in [1.54, 1.807) is 0 Å². The van der Waals surface area contributed by atoms with Crippen molar-refractivity contribution in [1.82, 2.24) is 5.32 Å². The van der Waals surface area contributed by atoms with E-state index in [2.05, 4.69) is 17.5 Å². The van der Waals surface area contributed by atoms with E-state index in [9.17, 15) is 5.11 Å². The Balaban J connectivity index is 1.67. The summed E-state index contributed by atoms with van der Waals surface area (Å²) < 4.78 is 0. The molecule has 0 heterocycles. The van der Waals surface area contributed by atoms with E-state index < -0.39 is 0 Å². The quantitative estimate of drug-likeness (QED) is 0.740. The van der Waals surface area contributed by atoms with Gasteiger partial charge in [-0.05, 0) is 57.4 Å². The third-order valence-electron chi connectivity index (χ3n) is 4.24. The van der Waals surface area contributed by atoms with Gasteiger partial charge in [-0.3, -0.25) is 0 Å². The van der Waals surface area contributed by atoms with E-state index in [0.717, 1.165) is 25.3 Å². The van der Waals surface area contributed by atoms with E-state index in [1.165, 1.54) is 44.9 Å². The first-order valence-electron chi connectivity index (χ1n) is 7.42. The molecule has 2 nitrogen and oxygen atoms in total. The van der Waals surface area contributed by atoms with Crippen molar-refractivity contribution in [2.75, 3.05) is 6.54 Å². The summed E-state index contributed by atoms with van der Waals surface area (Å²) in [6, 6.07) is 0.599. The molecule has 0 aromatic rings. The average Bonchev–Trinajstić information content (AvgIpc) is 2.30. The zero-order chi connectivity index (χ0) is 11.9. The molecular weight excluding hydrogens is 210 g/mol. The maximum absolute atomic E-state index is 9.48. The molecule has 2 N–H and O–H groups in total. The highest BCUT2D eigenvalue weighted by atomic mass is 16.3. The van der Waals surface area contributed by atoms with Crippen LogP contribution in [0.15, 0.2) is 12.2 Å². The first kappa shape index (κ1) is 13.1. The van der Waals surface area contributed by atoms with Crippen LogP contribution >= 0.6 is 0 Å². The van der Waals surface area contributed by atoms with Gasteiger partial charge in [-0.25, -0.2) is 0 Å². The van der Waals surface area contributed by atoms with E-state index in [-0.39, 0.29) is 6.10 Å². The first-order valence-corrected chi connectivity index (χ1v) is 7.42. The summed E-state index contributed by atoms with van der Waals surface area (Å²) in [7, 11) is 0. The van der Waals surface area contributed by atoms with Crippen molar-refractivity contribution in [2.24, 2.45) is 5.92 Å². The van der Waals surface area contributed by atoms with Crippen molar-refractivity contribution in [1.29, 1.82) is 0 Å². The molecule has 2 aliphatic carbocycles. The average molecular weight is 237 g/mol. The highest BCUT2D eigenvalue weighted by molar-refractivity contribution is 4.94. The van der Waals surface area contributed by atoms with Crippen LogP contribution < -0.4 is 5.32 Å². The summed E-state index contributed by atoms with van der Waals surface area (Å²) in [5.74, 6) is 0.789. The van der Waals surface area contributed by atoms with E-state index in [0.29, 0.717) is 6.04 Å². The summed E-state index contributed by atoms with van der Waals surface area (Å²) in [6.07, 6.45) is 15.8. The maximum Gasteiger partial charge on any atom is 0.0540 e. The Hall–Kier alpha value is -0.340. The van der Waals surface area contributed by atoms with Gasteiger partial charge in [0, 0.05) is 6.04 Å². The lowest BCUT2D eigenvalue weighted by atomic mass is 9.87. The molecule has 1 fully saturated rings. The highest BCUT2D eigenvalue weighted by Crippen LogP contribution is 2.23. The number of allylic oxidation sites excluding steroid dienone is 1. The van der Waals surface area contributed by atoms with Gasteiger partial charge in [0.05, 0.1) is 6.10 Å². The molecule has 0 spiro atoms. The molecule has 0 aromatic heterocycles. The topological polar surface area (TPSA) is 32.3 Å². The molecule has 2 rings (SSSR count). The number of hydrogen-bond acceptors (Lipinski definition) is 2. The minimum atomic E-state index is -0.0208. The highest BCUT2D eigenvalue weighted by Gasteiger charge is 2.19. The Morgan fingerprint density at radius 2 is 1.82 bits per heavy atom. The minimum absolute atomic E-state index is 0.0208. The van der Waals surface area contributed by atoms with Crippen molar-refractivity contribution in [3.8, 4) is 0 Å². The number of aliphatic hydroxyl groups is 1. The fourth-order valence-electron chi connectivity index (χ4n) is 3.00. The first-order chi connectivity index (χ1) is 8.34. The van der Waals surface area contributed by atoms with Gasteiger partial charge in [0.15, 0.2) is 0 Å². The van der Waals surface area contributed by atoms with Crippen molar-refractivity contribution in [2.45, 2.75) is 69.9 Å². The zero-order valence-electron chi connectivity index (χ0n) is 10.9. The van der Waals surface area contributed by atoms with Crippen LogP contribution in [0.25, 0.3) is 0 Å². The third kappa shape index (κ3) is 4.81. The smallest absolute Gasteiger partial charge is 0.0540 e. The number of nitrogens with one attached hydrogen (secondary N) is 1. The largest absolute Gasteiger partial charge is 0.393 e. The molecule has 1 atom stereocenters. The Morgan fingerprint density at radius 3 is 2.65 bits per heavy atom. The van der Waals surface area contributed by atoms with Crippen LogP contribution in [0.4, 0.5) is 0 Å². The predicted octanol–water partition coefficient (Wildman–Crippen LogP) is 3.02. The summed E-state index contributed by atoms with van der Waals surface area (Å²) in [6.45, 7) is 1.14. The van der Waals surface area contributed by atoms with Crippen LogP contribution in [-0.4, -0.2) is 23.8 Å². The zero-order valence-corrected chi connectivity index (χ0v) is 10.9. The van der Waals surface area contributed by atoms with Gasteiger partial charge in [-0.1, -0.05) is 25.0 Å². The molecule has 1 unspecified atom stereocenters. The summed E-state index contributed by atoms with van der Waals surface area (Å²) in [5, 5.41) is 13.2. The molecule has 0 saturated heterocycles. The Labute approximate surface area is 105 Å². The lowest BCUT2D eigenvalue weighted by Gasteiger charge is -2.27. The molecule has 0 aliphatic heterocycles. The number of hydrogen-bond donors (Lipinski definition) is 2. The maximum atomic E-state index is 9.48. The molecule has 98 valence electrons. The van der Waals surface area contributed by atoms with Crippen molar-refractivity contribution in [3.63, 3.8) is 0 Å². The lowest BCUT2D eigenvalue weighted by molar-refractivity contribution is 0.108. The second kappa shape index (κ2) is 7.17. The number of rotatable bonds is 3. The van der Waals surface area contributed by atoms with E-state index >= 15 is 0 Å². The molecule has 0 bridgehead atoms. The normalized spacial score (nSPS) is 37.1. The van der Waals surface area contributed by atoms with Crippen molar-refractivity contribution < 1.29 is 5.11 Å². The molecule has 2 aliphatic rings. The Bertz CT molecular complexity index is 231. The monoisotopic (exact) mass is 237 g/mol. The fraction of sp³-hybridized carbons (Fsp3) is 0.867. The van der Waals surface area contributed by atoms with Gasteiger partial charge < -0.3 is 10.4 Å². The van der Waals surface area contributed by atoms with E-state index in [4.69, 9.17) is 0 Å². The van der Waals surface area contributed by atoms with Crippen LogP contribution in [0.2, 0.25) is 0 Å². The molecule has 0 amide bonds. The molecular formula is C15H27NO. The molecule has 0 radical (unpaired) electrons. The van der Waals surface area contributed by atoms with Crippen LogP contribution in [0.1, 0.15) is 57.8 Å². The Kier molecular flexibility index (Phi) is 5.53. The second-order valence-corrected chi connectivity index (χ2v) is 5.76. The van der Waals surface area contributed by atoms with Gasteiger partial charge in [-0.2, -0.15) is 0 Å². The van der Waals surface area contributed by atoms with E-state index in [1.807, 2.05) is 0 Å². The van der Waals surface area contributed by atoms with Gasteiger partial charge in [0.25, 0.3) is 0 Å². The van der Waals surface area contributed by atoms with Gasteiger partial charge in [0.2, 0.25) is 0 Å². The van der Waals surface area contributed by atoms with Crippen molar-refractivity contribution in [3.05, 3.63) is 12.2 Å². The van der Waals surface area contributed by atoms with Crippen LogP contribution in [0, 0.1) is 5.92 Å². The summed E-state index contributed by atoms with van der Waals surface area (Å²) in [4.78, 5) is 0. The van der Waals surface area contributed by atoms with Crippen LogP contribution in [-0.2, 0) is 0 Å². The number of aliphatic hydroxyl groups excluding tert-OH is 1. The summed E-state index contributed by atoms with van der Waals surface area (Å²) >= 11 is 0. The van der Waals surface area contributed by atoms with Gasteiger partial charge in [-0.15, -0.1) is 0 Å². The molecule has 0 aromatic carbocycles. The minimum Gasteiger partial charge on any atom is -0.393 e. The molecule has 1 saturated carbocycles. The van der Waals surface area contributed by atoms with Crippen LogP contribution in [0.3, 0.4) is 0 Å². The SMILES string of the molecule is OC1CCC(CNC2/C=C/CCCCC2)CC1.